The van der Waals surface area contributed by atoms with Crippen molar-refractivity contribution in [1.82, 2.24) is 9.80 Å². The van der Waals surface area contributed by atoms with Crippen LogP contribution < -0.4 is 0 Å². The molecule has 168 valence electrons. The maximum Gasteiger partial charge on any atom is 0.298 e. The molecule has 2 heterocycles. The summed E-state index contributed by atoms with van der Waals surface area (Å²) in [7, 11) is 0. The molecule has 4 rings (SSSR count). The molecule has 0 saturated carbocycles. The molecule has 2 fully saturated rings. The third-order valence-corrected chi connectivity index (χ3v) is 6.36. The molecule has 2 aromatic rings. The van der Waals surface area contributed by atoms with Crippen molar-refractivity contribution in [2.75, 3.05) is 32.8 Å². The molecular weight excluding hydrogens is 403 g/mol. The molecule has 2 aliphatic rings. The van der Waals surface area contributed by atoms with Crippen molar-refractivity contribution in [3.63, 3.8) is 0 Å². The number of hydrogen-bond acceptors (Lipinski definition) is 3. The Morgan fingerprint density at radius 1 is 1.03 bits per heavy atom. The second-order valence-electron chi connectivity index (χ2n) is 8.77. The Labute approximate surface area is 190 Å². The molecule has 0 bridgehead atoms. The third kappa shape index (κ3) is 6.41. The molecule has 0 aromatic heterocycles. The lowest BCUT2D eigenvalue weighted by atomic mass is 9.95. The minimum absolute atomic E-state index is 0.110. The summed E-state index contributed by atoms with van der Waals surface area (Å²) in [5.41, 5.74) is 1.59. The Morgan fingerprint density at radius 2 is 1.78 bits per heavy atom. The molecule has 1 atom stereocenters. The SMILES string of the molecule is O=C(C#Cc1ccccc1)N(CC1CCN(Cc2ccccc2F)CC1)C[C@H]1CCCO1. The first-order chi connectivity index (χ1) is 15.7. The van der Waals surface area contributed by atoms with Gasteiger partial charge in [-0.15, -0.1) is 0 Å². The van der Waals surface area contributed by atoms with E-state index in [0.29, 0.717) is 25.6 Å². The van der Waals surface area contributed by atoms with Crippen LogP contribution in [0.3, 0.4) is 0 Å². The van der Waals surface area contributed by atoms with Gasteiger partial charge in [-0.25, -0.2) is 4.39 Å². The second-order valence-corrected chi connectivity index (χ2v) is 8.77. The van der Waals surface area contributed by atoms with Gasteiger partial charge >= 0.3 is 0 Å². The molecule has 0 spiro atoms. The van der Waals surface area contributed by atoms with Crippen molar-refractivity contribution in [2.24, 2.45) is 5.92 Å². The van der Waals surface area contributed by atoms with E-state index in [2.05, 4.69) is 16.7 Å². The number of hydrogen-bond donors (Lipinski definition) is 0. The lowest BCUT2D eigenvalue weighted by Gasteiger charge is -2.35. The molecule has 2 aromatic carbocycles. The van der Waals surface area contributed by atoms with Gasteiger partial charge < -0.3 is 9.64 Å². The first kappa shape index (κ1) is 22.5. The number of amides is 1. The van der Waals surface area contributed by atoms with Gasteiger partial charge in [0.05, 0.1) is 6.10 Å². The van der Waals surface area contributed by atoms with Gasteiger partial charge in [0.2, 0.25) is 0 Å². The molecule has 2 aliphatic heterocycles. The highest BCUT2D eigenvalue weighted by Gasteiger charge is 2.27. The van der Waals surface area contributed by atoms with E-state index in [4.69, 9.17) is 4.74 Å². The van der Waals surface area contributed by atoms with Gasteiger partial charge in [0.25, 0.3) is 5.91 Å². The predicted octanol–water partition coefficient (Wildman–Crippen LogP) is 4.10. The molecule has 2 saturated heterocycles. The van der Waals surface area contributed by atoms with E-state index >= 15 is 0 Å². The third-order valence-electron chi connectivity index (χ3n) is 6.36. The van der Waals surface area contributed by atoms with E-state index in [1.807, 2.05) is 47.4 Å². The zero-order chi connectivity index (χ0) is 22.2. The molecule has 32 heavy (non-hydrogen) atoms. The summed E-state index contributed by atoms with van der Waals surface area (Å²) in [4.78, 5) is 17.2. The van der Waals surface area contributed by atoms with Gasteiger partial charge in [0.15, 0.2) is 0 Å². The molecule has 5 heteroatoms. The predicted molar refractivity (Wildman–Crippen MR) is 123 cm³/mol. The van der Waals surface area contributed by atoms with Crippen LogP contribution in [0.1, 0.15) is 36.8 Å². The van der Waals surface area contributed by atoms with Gasteiger partial charge in [-0.3, -0.25) is 9.69 Å². The zero-order valence-electron chi connectivity index (χ0n) is 18.5. The fourth-order valence-corrected chi connectivity index (χ4v) is 4.51. The summed E-state index contributed by atoms with van der Waals surface area (Å²) in [6, 6.07) is 16.6. The summed E-state index contributed by atoms with van der Waals surface area (Å²) in [5, 5.41) is 0. The van der Waals surface area contributed by atoms with Crippen molar-refractivity contribution < 1.29 is 13.9 Å². The Balaban J connectivity index is 1.34. The molecule has 0 aliphatic carbocycles. The van der Waals surface area contributed by atoms with Crippen LogP contribution >= 0.6 is 0 Å². The fraction of sp³-hybridized carbons (Fsp3) is 0.444. The molecule has 1 amide bonds. The number of piperidine rings is 1. The lowest BCUT2D eigenvalue weighted by molar-refractivity contribution is -0.127. The zero-order valence-corrected chi connectivity index (χ0v) is 18.5. The summed E-state index contributed by atoms with van der Waals surface area (Å²) in [5.74, 6) is 6.00. The van der Waals surface area contributed by atoms with Crippen molar-refractivity contribution >= 4 is 5.91 Å². The van der Waals surface area contributed by atoms with Crippen LogP contribution in [-0.4, -0.2) is 54.6 Å². The fourth-order valence-electron chi connectivity index (χ4n) is 4.51. The Morgan fingerprint density at radius 3 is 2.50 bits per heavy atom. The number of nitrogens with zero attached hydrogens (tertiary/aromatic N) is 2. The highest BCUT2D eigenvalue weighted by molar-refractivity contribution is 5.94. The number of carbonyl (C=O) groups is 1. The highest BCUT2D eigenvalue weighted by Crippen LogP contribution is 2.22. The van der Waals surface area contributed by atoms with Crippen molar-refractivity contribution in [3.05, 3.63) is 71.5 Å². The van der Waals surface area contributed by atoms with Crippen LogP contribution in [0.5, 0.6) is 0 Å². The second kappa shape index (κ2) is 11.3. The van der Waals surface area contributed by atoms with Gasteiger partial charge in [0, 0.05) is 43.3 Å². The van der Waals surface area contributed by atoms with E-state index in [9.17, 15) is 9.18 Å². The van der Waals surface area contributed by atoms with E-state index in [0.717, 1.165) is 56.5 Å². The van der Waals surface area contributed by atoms with Crippen LogP contribution in [-0.2, 0) is 16.1 Å². The van der Waals surface area contributed by atoms with Gasteiger partial charge in [-0.05, 0) is 62.9 Å². The van der Waals surface area contributed by atoms with Crippen LogP contribution in [0.2, 0.25) is 0 Å². The quantitative estimate of drug-likeness (QED) is 0.642. The number of rotatable bonds is 6. The van der Waals surface area contributed by atoms with Crippen LogP contribution in [0.25, 0.3) is 0 Å². The maximum absolute atomic E-state index is 14.0. The minimum Gasteiger partial charge on any atom is -0.376 e. The van der Waals surface area contributed by atoms with Crippen molar-refractivity contribution in [1.29, 1.82) is 0 Å². The van der Waals surface area contributed by atoms with E-state index in [-0.39, 0.29) is 17.8 Å². The van der Waals surface area contributed by atoms with Crippen molar-refractivity contribution in [2.45, 2.75) is 38.3 Å². The van der Waals surface area contributed by atoms with Crippen LogP contribution in [0, 0.1) is 23.6 Å². The molecule has 0 N–H and O–H groups in total. The smallest absolute Gasteiger partial charge is 0.298 e. The first-order valence-electron chi connectivity index (χ1n) is 11.6. The van der Waals surface area contributed by atoms with E-state index in [1.165, 1.54) is 6.07 Å². The van der Waals surface area contributed by atoms with Gasteiger partial charge in [-0.1, -0.05) is 42.3 Å². The van der Waals surface area contributed by atoms with E-state index < -0.39 is 0 Å². The normalized spacial score (nSPS) is 19.3. The molecular formula is C27H31FN2O2. The summed E-state index contributed by atoms with van der Waals surface area (Å²) in [6.07, 6.45) is 4.15. The summed E-state index contributed by atoms with van der Waals surface area (Å²) >= 11 is 0. The Kier molecular flexibility index (Phi) is 7.92. The standard InChI is InChI=1S/C27H31FN2O2/c28-26-11-5-4-9-24(26)20-29-16-14-23(15-17-29)19-30(21-25-10-6-18-32-25)27(31)13-12-22-7-2-1-3-8-22/h1-5,7-9,11,23,25H,6,10,14-21H2/t25-/m1/s1. The van der Waals surface area contributed by atoms with Crippen LogP contribution in [0.15, 0.2) is 54.6 Å². The Bertz CT molecular complexity index is 939. The minimum atomic E-state index is -0.139. The maximum atomic E-state index is 14.0. The molecule has 0 unspecified atom stereocenters. The molecule has 0 radical (unpaired) electrons. The van der Waals surface area contributed by atoms with E-state index in [1.54, 1.807) is 6.07 Å². The first-order valence-corrected chi connectivity index (χ1v) is 11.6. The average Bonchev–Trinajstić information content (AvgIpc) is 3.34. The van der Waals surface area contributed by atoms with Crippen LogP contribution in [0.4, 0.5) is 4.39 Å². The molecule has 4 nitrogen and oxygen atoms in total. The van der Waals surface area contributed by atoms with Crippen molar-refractivity contribution in [3.8, 4) is 11.8 Å². The summed E-state index contributed by atoms with van der Waals surface area (Å²) in [6.45, 7) is 4.55. The number of halogens is 1. The topological polar surface area (TPSA) is 32.8 Å². The average molecular weight is 435 g/mol. The number of likely N-dealkylation sites (tertiary alicyclic amines) is 1. The summed E-state index contributed by atoms with van der Waals surface area (Å²) < 4.78 is 19.8. The lowest BCUT2D eigenvalue weighted by Crippen LogP contribution is -2.43. The largest absolute Gasteiger partial charge is 0.376 e. The van der Waals surface area contributed by atoms with Gasteiger partial charge in [0.1, 0.15) is 5.82 Å². The number of carbonyl (C=O) groups excluding carboxylic acids is 1. The highest BCUT2D eigenvalue weighted by atomic mass is 19.1. The Hall–Kier alpha value is -2.68. The monoisotopic (exact) mass is 434 g/mol. The number of benzene rings is 2. The van der Waals surface area contributed by atoms with Gasteiger partial charge in [-0.2, -0.15) is 0 Å². The number of ether oxygens (including phenoxy) is 1.